The first-order valence-corrected chi connectivity index (χ1v) is 6.10. The molecule has 0 atom stereocenters. The molecule has 0 fully saturated rings. The summed E-state index contributed by atoms with van der Waals surface area (Å²) in [5, 5.41) is 9.20. The highest BCUT2D eigenvalue weighted by Crippen LogP contribution is 2.33. The van der Waals surface area contributed by atoms with Gasteiger partial charge >= 0.3 is 0 Å². The molecule has 0 aliphatic rings. The van der Waals surface area contributed by atoms with Crippen LogP contribution in [-0.4, -0.2) is 17.2 Å². The molecular formula is C13H12BrNO3. The molecule has 0 aliphatic carbocycles. The van der Waals surface area contributed by atoms with E-state index in [0.29, 0.717) is 17.2 Å². The number of ether oxygens (including phenoxy) is 2. The Bertz CT molecular complexity index is 546. The Kier molecular flexibility index (Phi) is 4.17. The number of halogens is 1. The molecule has 1 aromatic heterocycles. The second-order valence-corrected chi connectivity index (χ2v) is 4.38. The summed E-state index contributed by atoms with van der Waals surface area (Å²) in [6.45, 7) is -0.114. The maximum atomic E-state index is 9.20. The van der Waals surface area contributed by atoms with Crippen LogP contribution in [0.4, 0.5) is 0 Å². The third-order valence-corrected chi connectivity index (χ3v) is 2.99. The molecule has 5 heteroatoms. The van der Waals surface area contributed by atoms with Crippen molar-refractivity contribution >= 4 is 15.9 Å². The number of aromatic nitrogens is 1. The fourth-order valence-corrected chi connectivity index (χ4v) is 1.87. The molecule has 2 aromatic rings. The van der Waals surface area contributed by atoms with Gasteiger partial charge in [-0.25, -0.2) is 4.98 Å². The second-order valence-electron chi connectivity index (χ2n) is 3.52. The molecule has 0 saturated carbocycles. The van der Waals surface area contributed by atoms with E-state index in [0.717, 1.165) is 10.2 Å². The molecule has 18 heavy (non-hydrogen) atoms. The van der Waals surface area contributed by atoms with E-state index in [2.05, 4.69) is 20.9 Å². The molecule has 0 saturated heterocycles. The molecule has 2 rings (SSSR count). The van der Waals surface area contributed by atoms with Crippen molar-refractivity contribution in [2.75, 3.05) is 7.11 Å². The summed E-state index contributed by atoms with van der Waals surface area (Å²) in [6, 6.07) is 8.89. The third-order valence-electron chi connectivity index (χ3n) is 2.37. The van der Waals surface area contributed by atoms with Crippen LogP contribution in [0.1, 0.15) is 5.56 Å². The fourth-order valence-electron chi connectivity index (χ4n) is 1.43. The Labute approximate surface area is 113 Å². The van der Waals surface area contributed by atoms with Crippen LogP contribution in [0, 0.1) is 0 Å². The van der Waals surface area contributed by atoms with Crippen molar-refractivity contribution in [1.29, 1.82) is 0 Å². The zero-order chi connectivity index (χ0) is 13.0. The first-order chi connectivity index (χ1) is 8.74. The summed E-state index contributed by atoms with van der Waals surface area (Å²) in [7, 11) is 1.60. The summed E-state index contributed by atoms with van der Waals surface area (Å²) in [4.78, 5) is 4.09. The second kappa shape index (κ2) is 5.84. The van der Waals surface area contributed by atoms with Gasteiger partial charge in [0.2, 0.25) is 5.88 Å². The van der Waals surface area contributed by atoms with Gasteiger partial charge in [0.15, 0.2) is 0 Å². The summed E-state index contributed by atoms with van der Waals surface area (Å²) in [5.74, 6) is 1.74. The quantitative estimate of drug-likeness (QED) is 0.942. The Balaban J connectivity index is 2.28. The first kappa shape index (κ1) is 12.9. The van der Waals surface area contributed by atoms with Crippen LogP contribution in [0.25, 0.3) is 0 Å². The highest BCUT2D eigenvalue weighted by Gasteiger charge is 2.08. The number of nitrogens with zero attached hydrogens (tertiary/aromatic N) is 1. The smallest absolute Gasteiger partial charge is 0.224 e. The highest BCUT2D eigenvalue weighted by atomic mass is 79.9. The largest absolute Gasteiger partial charge is 0.497 e. The van der Waals surface area contributed by atoms with Gasteiger partial charge < -0.3 is 14.6 Å². The molecule has 0 radical (unpaired) electrons. The molecule has 0 unspecified atom stereocenters. The van der Waals surface area contributed by atoms with E-state index in [1.54, 1.807) is 43.6 Å². The van der Waals surface area contributed by atoms with Gasteiger partial charge in [-0.15, -0.1) is 0 Å². The SMILES string of the molecule is COc1ccc(Oc2ncccc2CO)c(Br)c1. The molecule has 4 nitrogen and oxygen atoms in total. The lowest BCUT2D eigenvalue weighted by Crippen LogP contribution is -1.95. The average molecular weight is 310 g/mol. The summed E-state index contributed by atoms with van der Waals surface area (Å²) >= 11 is 3.40. The summed E-state index contributed by atoms with van der Waals surface area (Å²) in [6.07, 6.45) is 1.62. The molecule has 0 amide bonds. The first-order valence-electron chi connectivity index (χ1n) is 5.30. The zero-order valence-electron chi connectivity index (χ0n) is 9.76. The Morgan fingerprint density at radius 1 is 1.33 bits per heavy atom. The number of rotatable bonds is 4. The van der Waals surface area contributed by atoms with Crippen molar-refractivity contribution in [3.63, 3.8) is 0 Å². The fraction of sp³-hybridized carbons (Fsp3) is 0.154. The van der Waals surface area contributed by atoms with E-state index in [1.165, 1.54) is 0 Å². The van der Waals surface area contributed by atoms with Gasteiger partial charge in [0.05, 0.1) is 18.2 Å². The van der Waals surface area contributed by atoms with E-state index < -0.39 is 0 Å². The number of aliphatic hydroxyl groups is 1. The van der Waals surface area contributed by atoms with E-state index >= 15 is 0 Å². The Morgan fingerprint density at radius 2 is 2.17 bits per heavy atom. The maximum absolute atomic E-state index is 9.20. The topological polar surface area (TPSA) is 51.6 Å². The average Bonchev–Trinajstić information content (AvgIpc) is 2.41. The third kappa shape index (κ3) is 2.80. The van der Waals surface area contributed by atoms with Gasteiger partial charge in [0.1, 0.15) is 11.5 Å². The van der Waals surface area contributed by atoms with E-state index in [1.807, 2.05) is 0 Å². The standard InChI is InChI=1S/C13H12BrNO3/c1-17-10-4-5-12(11(14)7-10)18-13-9(8-16)3-2-6-15-13/h2-7,16H,8H2,1H3. The Hall–Kier alpha value is -1.59. The lowest BCUT2D eigenvalue weighted by atomic mass is 10.3. The number of pyridine rings is 1. The van der Waals surface area contributed by atoms with Crippen molar-refractivity contribution in [1.82, 2.24) is 4.98 Å². The number of benzene rings is 1. The van der Waals surface area contributed by atoms with Crippen molar-refractivity contribution in [3.8, 4) is 17.4 Å². The van der Waals surface area contributed by atoms with Crippen molar-refractivity contribution < 1.29 is 14.6 Å². The molecule has 1 heterocycles. The van der Waals surface area contributed by atoms with Crippen LogP contribution in [-0.2, 0) is 6.61 Å². The van der Waals surface area contributed by atoms with E-state index in [9.17, 15) is 5.11 Å². The van der Waals surface area contributed by atoms with Gasteiger partial charge in [0, 0.05) is 11.8 Å². The van der Waals surface area contributed by atoms with Crippen molar-refractivity contribution in [2.24, 2.45) is 0 Å². The molecule has 1 aromatic carbocycles. The maximum Gasteiger partial charge on any atom is 0.224 e. The molecule has 0 spiro atoms. The van der Waals surface area contributed by atoms with E-state index in [-0.39, 0.29) is 6.61 Å². The predicted molar refractivity (Wildman–Crippen MR) is 70.9 cm³/mol. The number of hydrogen-bond donors (Lipinski definition) is 1. The van der Waals surface area contributed by atoms with Crippen LogP contribution in [0.2, 0.25) is 0 Å². The Morgan fingerprint density at radius 3 is 2.83 bits per heavy atom. The predicted octanol–water partition coefficient (Wildman–Crippen LogP) is 3.14. The molecule has 0 bridgehead atoms. The molecule has 1 N–H and O–H groups in total. The van der Waals surface area contributed by atoms with Crippen molar-refractivity contribution in [2.45, 2.75) is 6.61 Å². The van der Waals surface area contributed by atoms with Crippen LogP contribution in [0.15, 0.2) is 41.0 Å². The minimum absolute atomic E-state index is 0.114. The lowest BCUT2D eigenvalue weighted by molar-refractivity contribution is 0.275. The lowest BCUT2D eigenvalue weighted by Gasteiger charge is -2.10. The van der Waals surface area contributed by atoms with Crippen LogP contribution in [0.3, 0.4) is 0 Å². The number of aliphatic hydroxyl groups excluding tert-OH is 1. The summed E-state index contributed by atoms with van der Waals surface area (Å²) < 4.78 is 11.5. The van der Waals surface area contributed by atoms with E-state index in [4.69, 9.17) is 9.47 Å². The number of methoxy groups -OCH3 is 1. The van der Waals surface area contributed by atoms with Gasteiger partial charge in [-0.2, -0.15) is 0 Å². The van der Waals surface area contributed by atoms with Gasteiger partial charge in [-0.05, 0) is 46.3 Å². The van der Waals surface area contributed by atoms with Gasteiger partial charge in [-0.1, -0.05) is 0 Å². The van der Waals surface area contributed by atoms with Crippen LogP contribution >= 0.6 is 15.9 Å². The normalized spacial score (nSPS) is 10.2. The monoisotopic (exact) mass is 309 g/mol. The van der Waals surface area contributed by atoms with Crippen molar-refractivity contribution in [3.05, 3.63) is 46.6 Å². The van der Waals surface area contributed by atoms with Gasteiger partial charge in [-0.3, -0.25) is 0 Å². The van der Waals surface area contributed by atoms with Crippen LogP contribution in [0.5, 0.6) is 17.4 Å². The zero-order valence-corrected chi connectivity index (χ0v) is 11.3. The molecule has 0 aliphatic heterocycles. The molecular weight excluding hydrogens is 298 g/mol. The van der Waals surface area contributed by atoms with Crippen LogP contribution < -0.4 is 9.47 Å². The molecule has 94 valence electrons. The minimum atomic E-state index is -0.114. The minimum Gasteiger partial charge on any atom is -0.497 e. The number of hydrogen-bond acceptors (Lipinski definition) is 4. The van der Waals surface area contributed by atoms with Gasteiger partial charge in [0.25, 0.3) is 0 Å². The summed E-state index contributed by atoms with van der Waals surface area (Å²) in [5.41, 5.74) is 0.639. The highest BCUT2D eigenvalue weighted by molar-refractivity contribution is 9.10.